The minimum Gasteiger partial charge on any atom is -0.465 e. The number of ether oxygens (including phenoxy) is 2. The molecular formula is C14H18N2O4. The van der Waals surface area contributed by atoms with Gasteiger partial charge in [-0.2, -0.15) is 0 Å². The van der Waals surface area contributed by atoms with Crippen LogP contribution in [0.25, 0.3) is 0 Å². The molecule has 1 heterocycles. The molecule has 2 rings (SSSR count). The van der Waals surface area contributed by atoms with Gasteiger partial charge in [0, 0.05) is 25.7 Å². The molecule has 0 atom stereocenters. The molecule has 0 bridgehead atoms. The number of carbonyl (C=O) groups excluding carboxylic acids is 2. The summed E-state index contributed by atoms with van der Waals surface area (Å²) in [4.78, 5) is 25.1. The Morgan fingerprint density at radius 3 is 2.60 bits per heavy atom. The fraction of sp³-hybridized carbons (Fsp3) is 0.429. The quantitative estimate of drug-likeness (QED) is 0.843. The highest BCUT2D eigenvalue weighted by atomic mass is 16.5. The first-order valence-electron chi connectivity index (χ1n) is 6.44. The van der Waals surface area contributed by atoms with E-state index in [1.54, 1.807) is 12.1 Å². The van der Waals surface area contributed by atoms with Gasteiger partial charge in [0.05, 0.1) is 31.6 Å². The lowest BCUT2D eigenvalue weighted by atomic mass is 10.1. The maximum Gasteiger partial charge on any atom is 0.339 e. The van der Waals surface area contributed by atoms with Crippen LogP contribution in [0.5, 0.6) is 0 Å². The first kappa shape index (κ1) is 14.3. The van der Waals surface area contributed by atoms with Crippen LogP contribution in [-0.2, 0) is 14.3 Å². The Hall–Kier alpha value is -2.08. The van der Waals surface area contributed by atoms with E-state index in [2.05, 4.69) is 10.2 Å². The van der Waals surface area contributed by atoms with Crippen molar-refractivity contribution < 1.29 is 19.1 Å². The maximum atomic E-state index is 11.7. The van der Waals surface area contributed by atoms with Crippen LogP contribution in [0.3, 0.4) is 0 Å². The lowest BCUT2D eigenvalue weighted by molar-refractivity contribution is -0.114. The zero-order valence-electron chi connectivity index (χ0n) is 11.6. The summed E-state index contributed by atoms with van der Waals surface area (Å²) in [5.41, 5.74) is 1.76. The van der Waals surface area contributed by atoms with E-state index in [9.17, 15) is 9.59 Å². The number of anilines is 2. The SMILES string of the molecule is COC(=O)c1ccc(N2CCOCC2)cc1NC(C)=O. The normalized spacial score (nSPS) is 14.8. The molecule has 20 heavy (non-hydrogen) atoms. The number of nitrogens with zero attached hydrogens (tertiary/aromatic N) is 1. The predicted octanol–water partition coefficient (Wildman–Crippen LogP) is 1.27. The molecule has 1 amide bonds. The van der Waals surface area contributed by atoms with Crippen LogP contribution in [0.15, 0.2) is 18.2 Å². The Labute approximate surface area is 117 Å². The Morgan fingerprint density at radius 1 is 1.30 bits per heavy atom. The number of hydrogen-bond acceptors (Lipinski definition) is 5. The van der Waals surface area contributed by atoms with E-state index in [1.165, 1.54) is 14.0 Å². The third-order valence-electron chi connectivity index (χ3n) is 3.10. The Balaban J connectivity index is 2.31. The van der Waals surface area contributed by atoms with Gasteiger partial charge in [0.1, 0.15) is 0 Å². The lowest BCUT2D eigenvalue weighted by Crippen LogP contribution is -2.36. The van der Waals surface area contributed by atoms with Crippen molar-refractivity contribution in [3.63, 3.8) is 0 Å². The number of hydrogen-bond donors (Lipinski definition) is 1. The van der Waals surface area contributed by atoms with Crippen molar-refractivity contribution in [2.75, 3.05) is 43.6 Å². The fourth-order valence-corrected chi connectivity index (χ4v) is 2.13. The minimum absolute atomic E-state index is 0.228. The number of methoxy groups -OCH3 is 1. The van der Waals surface area contributed by atoms with Gasteiger partial charge in [-0.1, -0.05) is 0 Å². The van der Waals surface area contributed by atoms with Crippen molar-refractivity contribution >= 4 is 23.3 Å². The first-order chi connectivity index (χ1) is 9.61. The Kier molecular flexibility index (Phi) is 4.57. The van der Waals surface area contributed by atoms with Gasteiger partial charge in [-0.3, -0.25) is 4.79 Å². The first-order valence-corrected chi connectivity index (χ1v) is 6.44. The highest BCUT2D eigenvalue weighted by Crippen LogP contribution is 2.25. The summed E-state index contributed by atoms with van der Waals surface area (Å²) in [6.45, 7) is 4.33. The molecule has 1 N–H and O–H groups in total. The predicted molar refractivity (Wildman–Crippen MR) is 75.1 cm³/mol. The highest BCUT2D eigenvalue weighted by molar-refractivity contribution is 6.01. The molecule has 1 aliphatic heterocycles. The van der Waals surface area contributed by atoms with E-state index in [4.69, 9.17) is 9.47 Å². The highest BCUT2D eigenvalue weighted by Gasteiger charge is 2.17. The van der Waals surface area contributed by atoms with Crippen LogP contribution in [-0.4, -0.2) is 45.3 Å². The van der Waals surface area contributed by atoms with E-state index in [0.29, 0.717) is 24.5 Å². The molecule has 0 spiro atoms. The average molecular weight is 278 g/mol. The molecule has 1 aliphatic rings. The van der Waals surface area contributed by atoms with Crippen molar-refractivity contribution in [3.05, 3.63) is 23.8 Å². The van der Waals surface area contributed by atoms with E-state index < -0.39 is 5.97 Å². The van der Waals surface area contributed by atoms with Crippen LogP contribution in [0.2, 0.25) is 0 Å². The van der Waals surface area contributed by atoms with Crippen LogP contribution in [0.1, 0.15) is 17.3 Å². The second-order valence-electron chi connectivity index (χ2n) is 4.50. The molecule has 1 aromatic carbocycles. The number of rotatable bonds is 3. The Bertz CT molecular complexity index is 510. The summed E-state index contributed by atoms with van der Waals surface area (Å²) in [5, 5.41) is 2.67. The van der Waals surface area contributed by atoms with E-state index >= 15 is 0 Å². The Morgan fingerprint density at radius 2 is 2.00 bits per heavy atom. The van der Waals surface area contributed by atoms with Gasteiger partial charge in [0.2, 0.25) is 5.91 Å². The standard InChI is InChI=1S/C14H18N2O4/c1-10(17)15-13-9-11(16-5-7-20-8-6-16)3-4-12(13)14(18)19-2/h3-4,9H,5-8H2,1-2H3,(H,15,17). The zero-order chi connectivity index (χ0) is 14.5. The van der Waals surface area contributed by atoms with Gasteiger partial charge in [-0.05, 0) is 18.2 Å². The number of benzene rings is 1. The zero-order valence-corrected chi connectivity index (χ0v) is 11.6. The van der Waals surface area contributed by atoms with Crippen molar-refractivity contribution in [3.8, 4) is 0 Å². The van der Waals surface area contributed by atoms with Crippen LogP contribution < -0.4 is 10.2 Å². The molecule has 1 saturated heterocycles. The molecule has 0 aromatic heterocycles. The molecule has 1 fully saturated rings. The number of nitrogens with one attached hydrogen (secondary N) is 1. The summed E-state index contributed by atoms with van der Waals surface area (Å²) in [7, 11) is 1.32. The molecular weight excluding hydrogens is 260 g/mol. The summed E-state index contributed by atoms with van der Waals surface area (Å²) < 4.78 is 10.0. The van der Waals surface area contributed by atoms with Crippen LogP contribution in [0.4, 0.5) is 11.4 Å². The third-order valence-corrected chi connectivity index (χ3v) is 3.10. The minimum atomic E-state index is -0.470. The fourth-order valence-electron chi connectivity index (χ4n) is 2.13. The number of amides is 1. The molecule has 1 aromatic rings. The molecule has 0 saturated carbocycles. The summed E-state index contributed by atoms with van der Waals surface area (Å²) in [6.07, 6.45) is 0. The second kappa shape index (κ2) is 6.38. The van der Waals surface area contributed by atoms with Gasteiger partial charge >= 0.3 is 5.97 Å². The third kappa shape index (κ3) is 3.27. The van der Waals surface area contributed by atoms with Gasteiger partial charge < -0.3 is 19.7 Å². The van der Waals surface area contributed by atoms with Crippen molar-refractivity contribution in [1.29, 1.82) is 0 Å². The largest absolute Gasteiger partial charge is 0.465 e. The number of esters is 1. The van der Waals surface area contributed by atoms with E-state index in [0.717, 1.165) is 18.8 Å². The summed E-state index contributed by atoms with van der Waals surface area (Å²) in [6, 6.07) is 5.31. The summed E-state index contributed by atoms with van der Waals surface area (Å²) in [5.74, 6) is -0.698. The molecule has 108 valence electrons. The second-order valence-corrected chi connectivity index (χ2v) is 4.50. The number of carbonyl (C=O) groups is 2. The molecule has 0 unspecified atom stereocenters. The molecule has 6 heteroatoms. The van der Waals surface area contributed by atoms with Crippen LogP contribution >= 0.6 is 0 Å². The molecule has 0 aliphatic carbocycles. The van der Waals surface area contributed by atoms with Crippen molar-refractivity contribution in [2.45, 2.75) is 6.92 Å². The lowest BCUT2D eigenvalue weighted by Gasteiger charge is -2.29. The smallest absolute Gasteiger partial charge is 0.339 e. The van der Waals surface area contributed by atoms with Crippen molar-refractivity contribution in [2.24, 2.45) is 0 Å². The topological polar surface area (TPSA) is 67.9 Å². The van der Waals surface area contributed by atoms with Gasteiger partial charge in [0.15, 0.2) is 0 Å². The van der Waals surface area contributed by atoms with Gasteiger partial charge in [-0.25, -0.2) is 4.79 Å². The average Bonchev–Trinajstić information content (AvgIpc) is 2.46. The maximum absolute atomic E-state index is 11.7. The monoisotopic (exact) mass is 278 g/mol. The van der Waals surface area contributed by atoms with Crippen molar-refractivity contribution in [1.82, 2.24) is 0 Å². The molecule has 6 nitrogen and oxygen atoms in total. The van der Waals surface area contributed by atoms with Gasteiger partial charge in [-0.15, -0.1) is 0 Å². The van der Waals surface area contributed by atoms with Gasteiger partial charge in [0.25, 0.3) is 0 Å². The van der Waals surface area contributed by atoms with Crippen LogP contribution in [0, 0.1) is 0 Å². The van der Waals surface area contributed by atoms with E-state index in [-0.39, 0.29) is 5.91 Å². The van der Waals surface area contributed by atoms with E-state index in [1.807, 2.05) is 6.07 Å². The molecule has 0 radical (unpaired) electrons. The summed E-state index contributed by atoms with van der Waals surface area (Å²) >= 11 is 0. The number of morpholine rings is 1.